The van der Waals surface area contributed by atoms with Crippen molar-refractivity contribution in [3.8, 4) is 5.75 Å². The number of ether oxygens (including phenoxy) is 1. The van der Waals surface area contributed by atoms with Crippen molar-refractivity contribution >= 4 is 5.78 Å². The third-order valence-corrected chi connectivity index (χ3v) is 2.78. The van der Waals surface area contributed by atoms with E-state index in [-0.39, 0.29) is 19.0 Å². The summed E-state index contributed by atoms with van der Waals surface area (Å²) < 4.78 is 5.45. The lowest BCUT2D eigenvalue weighted by molar-refractivity contribution is -0.120. The maximum atomic E-state index is 11.8. The van der Waals surface area contributed by atoms with Gasteiger partial charge in [0.25, 0.3) is 0 Å². The number of benzene rings is 2. The van der Waals surface area contributed by atoms with Crippen LogP contribution in [0.3, 0.4) is 0 Å². The fraction of sp³-hybridized carbons (Fsp3) is 0.188. The molecule has 3 heteroatoms. The van der Waals surface area contributed by atoms with Crippen LogP contribution in [0.4, 0.5) is 0 Å². The van der Waals surface area contributed by atoms with Crippen LogP contribution in [0, 0.1) is 0 Å². The molecule has 2 rings (SSSR count). The highest BCUT2D eigenvalue weighted by molar-refractivity contribution is 5.82. The molecule has 0 aliphatic rings. The predicted molar refractivity (Wildman–Crippen MR) is 73.0 cm³/mol. The normalized spacial score (nSPS) is 10.2. The number of rotatable bonds is 6. The Bertz CT molecular complexity index is 535. The van der Waals surface area contributed by atoms with E-state index in [4.69, 9.17) is 9.84 Å². The van der Waals surface area contributed by atoms with Gasteiger partial charge in [-0.05, 0) is 11.6 Å². The molecule has 0 amide bonds. The summed E-state index contributed by atoms with van der Waals surface area (Å²) in [4.78, 5) is 11.8. The quantitative estimate of drug-likeness (QED) is 0.863. The van der Waals surface area contributed by atoms with Gasteiger partial charge in [-0.3, -0.25) is 4.79 Å². The highest BCUT2D eigenvalue weighted by Crippen LogP contribution is 2.17. The van der Waals surface area contributed by atoms with E-state index in [9.17, 15) is 4.79 Å². The van der Waals surface area contributed by atoms with Crippen LogP contribution in [0.25, 0.3) is 0 Å². The highest BCUT2D eigenvalue weighted by atomic mass is 16.5. The molecular weight excluding hydrogens is 240 g/mol. The Morgan fingerprint density at radius 1 is 1.00 bits per heavy atom. The summed E-state index contributed by atoms with van der Waals surface area (Å²) in [7, 11) is 0. The smallest absolute Gasteiger partial charge is 0.174 e. The van der Waals surface area contributed by atoms with Gasteiger partial charge in [-0.2, -0.15) is 0 Å². The van der Waals surface area contributed by atoms with Crippen molar-refractivity contribution in [3.05, 3.63) is 65.7 Å². The molecule has 0 saturated carbocycles. The van der Waals surface area contributed by atoms with Crippen LogP contribution >= 0.6 is 0 Å². The van der Waals surface area contributed by atoms with E-state index in [2.05, 4.69) is 0 Å². The molecule has 0 atom stereocenters. The minimum Gasteiger partial charge on any atom is -0.485 e. The van der Waals surface area contributed by atoms with E-state index in [0.717, 1.165) is 5.56 Å². The minimum atomic E-state index is -0.0942. The zero-order chi connectivity index (χ0) is 13.5. The maximum Gasteiger partial charge on any atom is 0.174 e. The Morgan fingerprint density at radius 2 is 1.68 bits per heavy atom. The first-order chi connectivity index (χ1) is 9.29. The van der Waals surface area contributed by atoms with Crippen molar-refractivity contribution in [1.82, 2.24) is 0 Å². The number of ketones is 1. The molecule has 0 saturated heterocycles. The lowest BCUT2D eigenvalue weighted by Gasteiger charge is -2.09. The number of aliphatic hydroxyl groups is 1. The van der Waals surface area contributed by atoms with Gasteiger partial charge in [-0.25, -0.2) is 0 Å². The molecule has 3 nitrogen and oxygen atoms in total. The zero-order valence-corrected chi connectivity index (χ0v) is 10.6. The van der Waals surface area contributed by atoms with Crippen molar-refractivity contribution < 1.29 is 14.6 Å². The number of Topliss-reactive ketones (excluding diaryl/α,β-unsaturated/α-hetero) is 1. The van der Waals surface area contributed by atoms with Gasteiger partial charge in [0.05, 0.1) is 6.61 Å². The van der Waals surface area contributed by atoms with Crippen molar-refractivity contribution in [2.45, 2.75) is 13.0 Å². The summed E-state index contributed by atoms with van der Waals surface area (Å²) in [6, 6.07) is 16.7. The van der Waals surface area contributed by atoms with Gasteiger partial charge < -0.3 is 9.84 Å². The number of para-hydroxylation sites is 1. The Labute approximate surface area is 112 Å². The Kier molecular flexibility index (Phi) is 4.70. The maximum absolute atomic E-state index is 11.8. The van der Waals surface area contributed by atoms with Gasteiger partial charge in [0.15, 0.2) is 5.78 Å². The first kappa shape index (κ1) is 13.3. The second-order valence-electron chi connectivity index (χ2n) is 4.26. The second kappa shape index (κ2) is 6.71. The van der Waals surface area contributed by atoms with Crippen LogP contribution in [-0.4, -0.2) is 17.5 Å². The molecule has 1 N–H and O–H groups in total. The van der Waals surface area contributed by atoms with Crippen molar-refractivity contribution in [1.29, 1.82) is 0 Å². The Balaban J connectivity index is 1.90. The molecule has 0 aliphatic heterocycles. The standard InChI is InChI=1S/C16H16O3/c17-11-14-8-4-5-9-16(14)19-12-15(18)10-13-6-2-1-3-7-13/h1-9,17H,10-12H2. The number of hydrogen-bond acceptors (Lipinski definition) is 3. The zero-order valence-electron chi connectivity index (χ0n) is 10.6. The average Bonchev–Trinajstić information content (AvgIpc) is 2.46. The Hall–Kier alpha value is -2.13. The average molecular weight is 256 g/mol. The van der Waals surface area contributed by atoms with Crippen LogP contribution in [0.2, 0.25) is 0 Å². The molecule has 0 unspecified atom stereocenters. The van der Waals surface area contributed by atoms with Crippen LogP contribution in [0.5, 0.6) is 5.75 Å². The van der Waals surface area contributed by atoms with Gasteiger partial charge in [-0.1, -0.05) is 48.5 Å². The van der Waals surface area contributed by atoms with Gasteiger partial charge in [0, 0.05) is 12.0 Å². The summed E-state index contributed by atoms with van der Waals surface area (Å²) in [5, 5.41) is 9.15. The van der Waals surface area contributed by atoms with E-state index in [0.29, 0.717) is 17.7 Å². The molecule has 2 aromatic carbocycles. The molecule has 0 spiro atoms. The summed E-state index contributed by atoms with van der Waals surface area (Å²) >= 11 is 0. The van der Waals surface area contributed by atoms with Crippen molar-refractivity contribution in [2.24, 2.45) is 0 Å². The first-order valence-corrected chi connectivity index (χ1v) is 6.17. The van der Waals surface area contributed by atoms with E-state index in [1.807, 2.05) is 42.5 Å². The van der Waals surface area contributed by atoms with Gasteiger partial charge in [0.2, 0.25) is 0 Å². The number of hydrogen-bond donors (Lipinski definition) is 1. The topological polar surface area (TPSA) is 46.5 Å². The van der Waals surface area contributed by atoms with Crippen LogP contribution < -0.4 is 4.74 Å². The monoisotopic (exact) mass is 256 g/mol. The van der Waals surface area contributed by atoms with Gasteiger partial charge >= 0.3 is 0 Å². The summed E-state index contributed by atoms with van der Waals surface area (Å²) in [5.74, 6) is 0.574. The lowest BCUT2D eigenvalue weighted by Crippen LogP contribution is -2.14. The molecule has 0 fully saturated rings. The molecule has 0 heterocycles. The molecule has 0 radical (unpaired) electrons. The highest BCUT2D eigenvalue weighted by Gasteiger charge is 2.07. The van der Waals surface area contributed by atoms with Crippen LogP contribution in [-0.2, 0) is 17.8 Å². The van der Waals surface area contributed by atoms with E-state index in [1.54, 1.807) is 12.1 Å². The summed E-state index contributed by atoms with van der Waals surface area (Å²) in [5.41, 5.74) is 1.67. The molecule has 0 bridgehead atoms. The molecular formula is C16H16O3. The first-order valence-electron chi connectivity index (χ1n) is 6.17. The third-order valence-electron chi connectivity index (χ3n) is 2.78. The third kappa shape index (κ3) is 3.93. The van der Waals surface area contributed by atoms with Gasteiger partial charge in [-0.15, -0.1) is 0 Å². The molecule has 0 aromatic heterocycles. The fourth-order valence-electron chi connectivity index (χ4n) is 1.81. The van der Waals surface area contributed by atoms with E-state index >= 15 is 0 Å². The number of carbonyl (C=O) groups excluding carboxylic acids is 1. The number of aliphatic hydroxyl groups excluding tert-OH is 1. The van der Waals surface area contributed by atoms with Gasteiger partial charge in [0.1, 0.15) is 12.4 Å². The largest absolute Gasteiger partial charge is 0.485 e. The van der Waals surface area contributed by atoms with Crippen LogP contribution in [0.15, 0.2) is 54.6 Å². The molecule has 0 aliphatic carbocycles. The Morgan fingerprint density at radius 3 is 2.42 bits per heavy atom. The lowest BCUT2D eigenvalue weighted by atomic mass is 10.1. The number of carbonyl (C=O) groups is 1. The molecule has 19 heavy (non-hydrogen) atoms. The summed E-state index contributed by atoms with van der Waals surface area (Å²) in [6.07, 6.45) is 0.363. The van der Waals surface area contributed by atoms with E-state index in [1.165, 1.54) is 0 Å². The molecule has 2 aromatic rings. The summed E-state index contributed by atoms with van der Waals surface area (Å²) in [6.45, 7) is -0.0744. The van der Waals surface area contributed by atoms with Crippen LogP contribution in [0.1, 0.15) is 11.1 Å². The fourth-order valence-corrected chi connectivity index (χ4v) is 1.81. The minimum absolute atomic E-state index is 0.0129. The van der Waals surface area contributed by atoms with Crippen molar-refractivity contribution in [2.75, 3.05) is 6.61 Å². The predicted octanol–water partition coefficient (Wildman–Crippen LogP) is 2.37. The van der Waals surface area contributed by atoms with E-state index < -0.39 is 0 Å². The second-order valence-corrected chi connectivity index (χ2v) is 4.26. The SMILES string of the molecule is O=C(COc1ccccc1CO)Cc1ccccc1. The molecule has 98 valence electrons. The van der Waals surface area contributed by atoms with Crippen molar-refractivity contribution in [3.63, 3.8) is 0 Å².